The first kappa shape index (κ1) is 13.5. The Bertz CT molecular complexity index is 604. The minimum absolute atomic E-state index is 0.227. The average Bonchev–Trinajstić information content (AvgIpc) is 2.46. The van der Waals surface area contributed by atoms with Crippen molar-refractivity contribution in [3.8, 4) is 11.8 Å². The minimum atomic E-state index is -0.227. The Morgan fingerprint density at radius 1 is 1.21 bits per heavy atom. The number of halogens is 1. The molecule has 1 atom stereocenters. The molecule has 0 saturated carbocycles. The van der Waals surface area contributed by atoms with Crippen molar-refractivity contribution in [3.05, 3.63) is 64.7 Å². The highest BCUT2D eigenvalue weighted by molar-refractivity contribution is 6.31. The van der Waals surface area contributed by atoms with Crippen molar-refractivity contribution < 1.29 is 4.74 Å². The predicted octanol–water partition coefficient (Wildman–Crippen LogP) is 4.20. The fraction of sp³-hybridized carbons (Fsp3) is 0.188. The molecule has 2 nitrogen and oxygen atoms in total. The highest BCUT2D eigenvalue weighted by Crippen LogP contribution is 2.26. The van der Waals surface area contributed by atoms with Crippen molar-refractivity contribution in [1.82, 2.24) is 0 Å². The van der Waals surface area contributed by atoms with Gasteiger partial charge in [-0.2, -0.15) is 5.26 Å². The number of rotatable bonds is 4. The number of hydrogen-bond acceptors (Lipinski definition) is 2. The van der Waals surface area contributed by atoms with E-state index >= 15 is 0 Å². The Kier molecular flexibility index (Phi) is 4.43. The van der Waals surface area contributed by atoms with Gasteiger partial charge in [-0.15, -0.1) is 0 Å². The van der Waals surface area contributed by atoms with Crippen LogP contribution in [-0.2, 0) is 6.42 Å². The highest BCUT2D eigenvalue weighted by atomic mass is 35.5. The van der Waals surface area contributed by atoms with Crippen molar-refractivity contribution >= 4 is 11.6 Å². The lowest BCUT2D eigenvalue weighted by Gasteiger charge is -2.12. The second kappa shape index (κ2) is 6.26. The first-order valence-corrected chi connectivity index (χ1v) is 6.39. The number of benzene rings is 2. The molecule has 0 spiro atoms. The number of nitrogens with zero attached hydrogens (tertiary/aromatic N) is 1. The molecule has 0 aliphatic rings. The SMILES string of the molecule is COc1cccc(C(C#N)Cc2ccccc2Cl)c1. The molecule has 1 unspecified atom stereocenters. The summed E-state index contributed by atoms with van der Waals surface area (Å²) in [5.41, 5.74) is 1.93. The van der Waals surface area contributed by atoms with Gasteiger partial charge in [-0.3, -0.25) is 0 Å². The first-order chi connectivity index (χ1) is 9.24. The quantitative estimate of drug-likeness (QED) is 0.835. The predicted molar refractivity (Wildman–Crippen MR) is 76.5 cm³/mol. The number of hydrogen-bond donors (Lipinski definition) is 0. The second-order valence-electron chi connectivity index (χ2n) is 4.25. The van der Waals surface area contributed by atoms with Gasteiger partial charge in [0, 0.05) is 5.02 Å². The van der Waals surface area contributed by atoms with Gasteiger partial charge in [-0.05, 0) is 35.7 Å². The highest BCUT2D eigenvalue weighted by Gasteiger charge is 2.13. The third kappa shape index (κ3) is 3.27. The molecule has 0 heterocycles. The number of methoxy groups -OCH3 is 1. The fourth-order valence-corrected chi connectivity index (χ4v) is 2.19. The van der Waals surface area contributed by atoms with Crippen LogP contribution in [0.15, 0.2) is 48.5 Å². The van der Waals surface area contributed by atoms with Crippen LogP contribution in [-0.4, -0.2) is 7.11 Å². The van der Waals surface area contributed by atoms with E-state index in [1.807, 2.05) is 48.5 Å². The molecule has 0 bridgehead atoms. The van der Waals surface area contributed by atoms with Crippen LogP contribution in [0.1, 0.15) is 17.0 Å². The molecule has 2 aromatic carbocycles. The molecule has 0 amide bonds. The van der Waals surface area contributed by atoms with Crippen molar-refractivity contribution in [3.63, 3.8) is 0 Å². The average molecular weight is 272 g/mol. The third-order valence-electron chi connectivity index (χ3n) is 3.03. The normalized spacial score (nSPS) is 11.6. The van der Waals surface area contributed by atoms with Gasteiger partial charge in [-0.25, -0.2) is 0 Å². The zero-order valence-electron chi connectivity index (χ0n) is 10.6. The lowest BCUT2D eigenvalue weighted by atomic mass is 9.93. The summed E-state index contributed by atoms with van der Waals surface area (Å²) in [5, 5.41) is 10.1. The van der Waals surface area contributed by atoms with Crippen molar-refractivity contribution in [2.75, 3.05) is 7.11 Å². The summed E-state index contributed by atoms with van der Waals surface area (Å²) < 4.78 is 5.19. The van der Waals surface area contributed by atoms with E-state index < -0.39 is 0 Å². The van der Waals surface area contributed by atoms with E-state index in [0.29, 0.717) is 11.4 Å². The van der Waals surface area contributed by atoms with Crippen molar-refractivity contribution in [2.24, 2.45) is 0 Å². The van der Waals surface area contributed by atoms with E-state index in [1.54, 1.807) is 7.11 Å². The molecule has 2 aromatic rings. The van der Waals surface area contributed by atoms with Gasteiger partial charge in [0.05, 0.1) is 19.1 Å². The molecule has 0 radical (unpaired) electrons. The topological polar surface area (TPSA) is 33.0 Å². The van der Waals surface area contributed by atoms with Crippen molar-refractivity contribution in [1.29, 1.82) is 5.26 Å². The zero-order chi connectivity index (χ0) is 13.7. The zero-order valence-corrected chi connectivity index (χ0v) is 11.4. The first-order valence-electron chi connectivity index (χ1n) is 6.01. The monoisotopic (exact) mass is 271 g/mol. The fourth-order valence-electron chi connectivity index (χ4n) is 1.98. The summed E-state index contributed by atoms with van der Waals surface area (Å²) in [6.07, 6.45) is 0.601. The van der Waals surface area contributed by atoms with Crippen LogP contribution in [0.5, 0.6) is 5.75 Å². The van der Waals surface area contributed by atoms with Crippen LogP contribution in [0.3, 0.4) is 0 Å². The molecule has 0 aromatic heterocycles. The van der Waals surface area contributed by atoms with E-state index in [4.69, 9.17) is 16.3 Å². The lowest BCUT2D eigenvalue weighted by molar-refractivity contribution is 0.414. The molecule has 2 rings (SSSR count). The maximum atomic E-state index is 9.36. The maximum Gasteiger partial charge on any atom is 0.119 e. The molecular weight excluding hydrogens is 258 g/mol. The summed E-state index contributed by atoms with van der Waals surface area (Å²) in [4.78, 5) is 0. The molecule has 19 heavy (non-hydrogen) atoms. The maximum absolute atomic E-state index is 9.36. The number of ether oxygens (including phenoxy) is 1. The van der Waals surface area contributed by atoms with E-state index in [1.165, 1.54) is 0 Å². The molecule has 3 heteroatoms. The Morgan fingerprint density at radius 2 is 2.00 bits per heavy atom. The number of nitriles is 1. The molecule has 0 N–H and O–H groups in total. The summed E-state index contributed by atoms with van der Waals surface area (Å²) in [6.45, 7) is 0. The van der Waals surface area contributed by atoms with Gasteiger partial charge < -0.3 is 4.74 Å². The molecular formula is C16H14ClNO. The summed E-state index contributed by atoms with van der Waals surface area (Å²) in [6, 6.07) is 17.5. The molecule has 0 saturated heterocycles. The van der Waals surface area contributed by atoms with Gasteiger partial charge in [0.15, 0.2) is 0 Å². The Balaban J connectivity index is 2.26. The van der Waals surface area contributed by atoms with Crippen LogP contribution in [0.25, 0.3) is 0 Å². The molecule has 0 aliphatic carbocycles. The van der Waals surface area contributed by atoms with Crippen LogP contribution in [0.2, 0.25) is 5.02 Å². The Morgan fingerprint density at radius 3 is 2.68 bits per heavy atom. The largest absolute Gasteiger partial charge is 0.497 e. The lowest BCUT2D eigenvalue weighted by Crippen LogP contribution is -2.01. The van der Waals surface area contributed by atoms with E-state index in [2.05, 4.69) is 6.07 Å². The minimum Gasteiger partial charge on any atom is -0.497 e. The van der Waals surface area contributed by atoms with Gasteiger partial charge in [-0.1, -0.05) is 41.9 Å². The van der Waals surface area contributed by atoms with Crippen LogP contribution in [0.4, 0.5) is 0 Å². The third-order valence-corrected chi connectivity index (χ3v) is 3.40. The smallest absolute Gasteiger partial charge is 0.119 e. The standard InChI is InChI=1S/C16H14ClNO/c1-19-15-7-4-6-12(10-15)14(11-18)9-13-5-2-3-8-16(13)17/h2-8,10,14H,9H2,1H3. The summed E-state index contributed by atoms with van der Waals surface area (Å²) in [5.74, 6) is 0.534. The van der Waals surface area contributed by atoms with E-state index in [-0.39, 0.29) is 5.92 Å². The van der Waals surface area contributed by atoms with E-state index in [0.717, 1.165) is 16.9 Å². The summed E-state index contributed by atoms with van der Waals surface area (Å²) in [7, 11) is 1.62. The van der Waals surface area contributed by atoms with E-state index in [9.17, 15) is 5.26 Å². The second-order valence-corrected chi connectivity index (χ2v) is 4.66. The van der Waals surface area contributed by atoms with Crippen LogP contribution < -0.4 is 4.74 Å². The molecule has 96 valence electrons. The van der Waals surface area contributed by atoms with Gasteiger partial charge >= 0.3 is 0 Å². The van der Waals surface area contributed by atoms with Gasteiger partial charge in [0.1, 0.15) is 5.75 Å². The van der Waals surface area contributed by atoms with Gasteiger partial charge in [0.2, 0.25) is 0 Å². The van der Waals surface area contributed by atoms with Crippen molar-refractivity contribution in [2.45, 2.75) is 12.3 Å². The molecule has 0 aliphatic heterocycles. The summed E-state index contributed by atoms with van der Waals surface area (Å²) >= 11 is 6.14. The molecule has 0 fully saturated rings. The van der Waals surface area contributed by atoms with Crippen LogP contribution >= 0.6 is 11.6 Å². The Hall–Kier alpha value is -1.98. The van der Waals surface area contributed by atoms with Crippen LogP contribution in [0, 0.1) is 11.3 Å². The Labute approximate surface area is 118 Å². The van der Waals surface area contributed by atoms with Gasteiger partial charge in [0.25, 0.3) is 0 Å².